The summed E-state index contributed by atoms with van der Waals surface area (Å²) in [4.78, 5) is 36.1. The summed E-state index contributed by atoms with van der Waals surface area (Å²) in [6.45, 7) is 3.84. The Balaban J connectivity index is 1.14. The molecule has 2 aromatic heterocycles. The van der Waals surface area contributed by atoms with E-state index in [0.29, 0.717) is 48.0 Å². The summed E-state index contributed by atoms with van der Waals surface area (Å²) in [5.41, 5.74) is 3.38. The molecule has 3 aliphatic rings. The topological polar surface area (TPSA) is 86.1 Å². The van der Waals surface area contributed by atoms with E-state index in [1.807, 2.05) is 48.5 Å². The lowest BCUT2D eigenvalue weighted by atomic mass is 10.0. The number of likely N-dealkylation sites (tertiary alicyclic amines) is 1. The van der Waals surface area contributed by atoms with Crippen LogP contribution < -0.4 is 10.2 Å². The van der Waals surface area contributed by atoms with E-state index < -0.39 is 0 Å². The summed E-state index contributed by atoms with van der Waals surface area (Å²) in [6.07, 6.45) is 5.33. The van der Waals surface area contributed by atoms with Gasteiger partial charge in [-0.25, -0.2) is 4.52 Å². The summed E-state index contributed by atoms with van der Waals surface area (Å²) in [5.74, 6) is 1.89. The van der Waals surface area contributed by atoms with Gasteiger partial charge in [-0.2, -0.15) is 4.98 Å². The van der Waals surface area contributed by atoms with Crippen molar-refractivity contribution in [2.75, 3.05) is 50.5 Å². The number of hydrogen-bond acceptors (Lipinski definition) is 7. The van der Waals surface area contributed by atoms with Gasteiger partial charge in [0.1, 0.15) is 5.78 Å². The second kappa shape index (κ2) is 9.20. The number of anilines is 3. The summed E-state index contributed by atoms with van der Waals surface area (Å²) in [7, 11) is 4.04. The standard InChI is InChI=1S/C27H33N7O2/c1-31-12-9-22(10-13-31)32(2)26(36)18-5-7-21(8-6-18)28-27-29-25-24(4-3-11-34(25)30-27)33-16-19-14-23(35)15-20(19)17-33/h3-8,11,19-20,22H,9-10,12-17H2,1-2H3,(H,28,30)/t19-,20+. The Hall–Kier alpha value is -3.46. The molecule has 36 heavy (non-hydrogen) atoms. The van der Waals surface area contributed by atoms with E-state index >= 15 is 0 Å². The Morgan fingerprint density at radius 1 is 1.06 bits per heavy atom. The fourth-order valence-electron chi connectivity index (χ4n) is 6.04. The third-order valence-corrected chi connectivity index (χ3v) is 8.18. The van der Waals surface area contributed by atoms with Crippen molar-refractivity contribution in [1.82, 2.24) is 24.4 Å². The maximum Gasteiger partial charge on any atom is 0.253 e. The minimum absolute atomic E-state index is 0.0590. The summed E-state index contributed by atoms with van der Waals surface area (Å²) in [5, 5.41) is 7.90. The molecular weight excluding hydrogens is 454 g/mol. The average molecular weight is 488 g/mol. The molecule has 9 heteroatoms. The number of piperidine rings is 1. The molecule has 9 nitrogen and oxygen atoms in total. The Bertz CT molecular complexity index is 1260. The van der Waals surface area contributed by atoms with Crippen molar-refractivity contribution in [2.45, 2.75) is 31.7 Å². The number of ketones is 1. The Kier molecular flexibility index (Phi) is 5.87. The number of nitrogens with zero attached hydrogens (tertiary/aromatic N) is 6. The molecule has 6 rings (SSSR count). The Morgan fingerprint density at radius 3 is 2.44 bits per heavy atom. The monoisotopic (exact) mass is 487 g/mol. The van der Waals surface area contributed by atoms with Gasteiger partial charge in [0.25, 0.3) is 5.91 Å². The van der Waals surface area contributed by atoms with Crippen LogP contribution in [0.5, 0.6) is 0 Å². The van der Waals surface area contributed by atoms with Crippen molar-refractivity contribution >= 4 is 34.7 Å². The van der Waals surface area contributed by atoms with Crippen LogP contribution in [0.1, 0.15) is 36.0 Å². The molecule has 0 bridgehead atoms. The quantitative estimate of drug-likeness (QED) is 0.592. The first-order chi connectivity index (χ1) is 17.4. The summed E-state index contributed by atoms with van der Waals surface area (Å²) in [6, 6.07) is 11.9. The molecule has 0 spiro atoms. The smallest absolute Gasteiger partial charge is 0.253 e. The maximum atomic E-state index is 13.0. The van der Waals surface area contributed by atoms with Crippen LogP contribution in [0.15, 0.2) is 42.6 Å². The molecule has 0 unspecified atom stereocenters. The number of Topliss-reactive ketones (excluding diaryl/α,β-unsaturated/α-hetero) is 1. The largest absolute Gasteiger partial charge is 0.368 e. The van der Waals surface area contributed by atoms with Gasteiger partial charge < -0.3 is 20.0 Å². The lowest BCUT2D eigenvalue weighted by molar-refractivity contribution is -0.117. The van der Waals surface area contributed by atoms with Gasteiger partial charge in [0.2, 0.25) is 5.95 Å². The lowest BCUT2D eigenvalue weighted by Gasteiger charge is -2.35. The van der Waals surface area contributed by atoms with Crippen molar-refractivity contribution in [3.05, 3.63) is 48.2 Å². The van der Waals surface area contributed by atoms with Crippen LogP contribution in [0.25, 0.3) is 5.65 Å². The zero-order valence-electron chi connectivity index (χ0n) is 20.9. The summed E-state index contributed by atoms with van der Waals surface area (Å²) < 4.78 is 1.80. The number of fused-ring (bicyclic) bond motifs is 2. The van der Waals surface area contributed by atoms with E-state index in [1.165, 1.54) is 0 Å². The summed E-state index contributed by atoms with van der Waals surface area (Å²) >= 11 is 0. The van der Waals surface area contributed by atoms with Crippen LogP contribution in [-0.4, -0.2) is 82.4 Å². The van der Waals surface area contributed by atoms with Crippen LogP contribution in [0.3, 0.4) is 0 Å². The predicted molar refractivity (Wildman–Crippen MR) is 139 cm³/mol. The van der Waals surface area contributed by atoms with Gasteiger partial charge in [0, 0.05) is 56.5 Å². The molecule has 1 N–H and O–H groups in total. The Labute approximate surface area is 211 Å². The third kappa shape index (κ3) is 4.32. The highest BCUT2D eigenvalue weighted by Crippen LogP contribution is 2.39. The normalized spacial score (nSPS) is 22.8. The van der Waals surface area contributed by atoms with Crippen molar-refractivity contribution in [2.24, 2.45) is 11.8 Å². The van der Waals surface area contributed by atoms with E-state index in [2.05, 4.69) is 33.3 Å². The SMILES string of the molecule is CN1CCC(N(C)C(=O)c2ccc(Nc3nc4c(N5C[C@H]6CC(=O)C[C@H]6C5)cccn4n3)cc2)CC1. The highest BCUT2D eigenvalue weighted by molar-refractivity contribution is 5.94. The van der Waals surface area contributed by atoms with Crippen LogP contribution >= 0.6 is 0 Å². The van der Waals surface area contributed by atoms with Crippen molar-refractivity contribution in [1.29, 1.82) is 0 Å². The van der Waals surface area contributed by atoms with Gasteiger partial charge in [-0.1, -0.05) is 0 Å². The van der Waals surface area contributed by atoms with Crippen LogP contribution in [0.2, 0.25) is 0 Å². The number of carbonyl (C=O) groups is 2. The molecule has 3 fully saturated rings. The highest BCUT2D eigenvalue weighted by Gasteiger charge is 2.40. The van der Waals surface area contributed by atoms with Gasteiger partial charge in [-0.15, -0.1) is 5.10 Å². The lowest BCUT2D eigenvalue weighted by Crippen LogP contribution is -2.44. The molecule has 1 saturated carbocycles. The first-order valence-corrected chi connectivity index (χ1v) is 12.9. The predicted octanol–water partition coefficient (Wildman–Crippen LogP) is 3.05. The second-order valence-electron chi connectivity index (χ2n) is 10.6. The molecule has 1 aromatic carbocycles. The zero-order valence-corrected chi connectivity index (χ0v) is 20.9. The maximum absolute atomic E-state index is 13.0. The fraction of sp³-hybridized carbons (Fsp3) is 0.481. The van der Waals surface area contributed by atoms with Crippen LogP contribution in [0.4, 0.5) is 17.3 Å². The minimum atomic E-state index is 0.0590. The van der Waals surface area contributed by atoms with Gasteiger partial charge in [-0.3, -0.25) is 9.59 Å². The number of hydrogen-bond donors (Lipinski definition) is 1. The minimum Gasteiger partial charge on any atom is -0.368 e. The molecule has 4 heterocycles. The van der Waals surface area contributed by atoms with E-state index in [9.17, 15) is 9.59 Å². The third-order valence-electron chi connectivity index (χ3n) is 8.18. The molecule has 3 aromatic rings. The number of carbonyl (C=O) groups excluding carboxylic acids is 2. The van der Waals surface area contributed by atoms with E-state index in [-0.39, 0.29) is 5.91 Å². The van der Waals surface area contributed by atoms with Gasteiger partial charge in [-0.05, 0) is 81.2 Å². The van der Waals surface area contributed by atoms with Crippen molar-refractivity contribution < 1.29 is 9.59 Å². The van der Waals surface area contributed by atoms with Gasteiger partial charge in [0.05, 0.1) is 5.69 Å². The molecular formula is C27H33N7O2. The van der Waals surface area contributed by atoms with Gasteiger partial charge in [0.15, 0.2) is 5.65 Å². The number of rotatable bonds is 5. The number of amides is 1. The zero-order chi connectivity index (χ0) is 24.8. The Morgan fingerprint density at radius 2 is 1.75 bits per heavy atom. The molecule has 1 amide bonds. The molecule has 2 saturated heterocycles. The van der Waals surface area contributed by atoms with E-state index in [1.54, 1.807) is 4.52 Å². The fourth-order valence-corrected chi connectivity index (χ4v) is 6.04. The first-order valence-electron chi connectivity index (χ1n) is 12.9. The number of benzene rings is 1. The first kappa shape index (κ1) is 23.0. The molecule has 0 radical (unpaired) electrons. The van der Waals surface area contributed by atoms with Crippen LogP contribution in [0, 0.1) is 11.8 Å². The molecule has 1 aliphatic carbocycles. The van der Waals surface area contributed by atoms with E-state index in [0.717, 1.165) is 56.0 Å². The second-order valence-corrected chi connectivity index (χ2v) is 10.6. The molecule has 188 valence electrons. The molecule has 2 atom stereocenters. The highest BCUT2D eigenvalue weighted by atomic mass is 16.2. The van der Waals surface area contributed by atoms with Crippen LogP contribution in [-0.2, 0) is 4.79 Å². The number of aromatic nitrogens is 3. The number of pyridine rings is 1. The van der Waals surface area contributed by atoms with E-state index in [4.69, 9.17) is 4.98 Å². The van der Waals surface area contributed by atoms with Crippen molar-refractivity contribution in [3.63, 3.8) is 0 Å². The molecule has 2 aliphatic heterocycles. The van der Waals surface area contributed by atoms with Gasteiger partial charge >= 0.3 is 0 Å². The average Bonchev–Trinajstić information content (AvgIpc) is 3.56. The number of nitrogens with one attached hydrogen (secondary N) is 1. The van der Waals surface area contributed by atoms with Crippen molar-refractivity contribution in [3.8, 4) is 0 Å².